The molecule has 17 heavy (non-hydrogen) atoms. The number of alkyl halides is 2. The fourth-order valence-electron chi connectivity index (χ4n) is 1.92. The van der Waals surface area contributed by atoms with Gasteiger partial charge in [-0.15, -0.1) is 0 Å². The highest BCUT2D eigenvalue weighted by Gasteiger charge is 2.37. The molecule has 0 N–H and O–H groups in total. The highest BCUT2D eigenvalue weighted by atomic mass is 19.3. The molecule has 0 spiro atoms. The first-order chi connectivity index (χ1) is 7.84. The van der Waals surface area contributed by atoms with Gasteiger partial charge in [-0.25, -0.2) is 8.78 Å². The van der Waals surface area contributed by atoms with Gasteiger partial charge in [0.2, 0.25) is 0 Å². The average molecular weight is 240 g/mol. The summed E-state index contributed by atoms with van der Waals surface area (Å²) in [6.07, 6.45) is -0.413. The molecule has 1 atom stereocenters. The van der Waals surface area contributed by atoms with Crippen molar-refractivity contribution in [2.75, 3.05) is 0 Å². The Morgan fingerprint density at radius 3 is 2.18 bits per heavy atom. The Kier molecular flexibility index (Phi) is 4.38. The summed E-state index contributed by atoms with van der Waals surface area (Å²) in [5.74, 6) is -3.77. The van der Waals surface area contributed by atoms with Gasteiger partial charge in [0, 0.05) is 17.9 Å². The predicted molar refractivity (Wildman–Crippen MR) is 64.0 cm³/mol. The molecule has 0 heterocycles. The summed E-state index contributed by atoms with van der Waals surface area (Å²) in [5.41, 5.74) is -0.0214. The minimum atomic E-state index is -2.94. The van der Waals surface area contributed by atoms with E-state index in [1.807, 2.05) is 0 Å². The van der Waals surface area contributed by atoms with Crippen molar-refractivity contribution in [3.63, 3.8) is 0 Å². The molecule has 0 amide bonds. The van der Waals surface area contributed by atoms with Crippen LogP contribution in [-0.2, 0) is 10.7 Å². The lowest BCUT2D eigenvalue weighted by molar-refractivity contribution is -0.126. The number of Topliss-reactive ketones (excluding diaryl/α,β-unsaturated/α-hetero) is 1. The maximum atomic E-state index is 14.0. The molecule has 0 fully saturated rings. The number of carbonyl (C=O) groups is 1. The third-order valence-electron chi connectivity index (χ3n) is 3.00. The molecule has 0 aromatic heterocycles. The minimum Gasteiger partial charge on any atom is -0.300 e. The lowest BCUT2D eigenvalue weighted by Gasteiger charge is -2.24. The van der Waals surface area contributed by atoms with E-state index in [2.05, 4.69) is 0 Å². The van der Waals surface area contributed by atoms with Crippen molar-refractivity contribution in [2.45, 2.75) is 33.1 Å². The van der Waals surface area contributed by atoms with E-state index in [0.717, 1.165) is 0 Å². The monoisotopic (exact) mass is 240 g/mol. The van der Waals surface area contributed by atoms with Gasteiger partial charge in [-0.05, 0) is 12.8 Å². The van der Waals surface area contributed by atoms with Crippen molar-refractivity contribution in [1.82, 2.24) is 0 Å². The summed E-state index contributed by atoms with van der Waals surface area (Å²) >= 11 is 0. The molecule has 0 saturated heterocycles. The second-order valence-electron chi connectivity index (χ2n) is 4.74. The number of ketones is 1. The molecule has 3 heteroatoms. The van der Waals surface area contributed by atoms with Crippen molar-refractivity contribution in [1.29, 1.82) is 0 Å². The third kappa shape index (κ3) is 3.62. The van der Waals surface area contributed by atoms with Crippen LogP contribution < -0.4 is 0 Å². The van der Waals surface area contributed by atoms with Gasteiger partial charge in [-0.1, -0.05) is 44.2 Å². The third-order valence-corrected chi connectivity index (χ3v) is 3.00. The topological polar surface area (TPSA) is 17.1 Å². The summed E-state index contributed by atoms with van der Waals surface area (Å²) in [7, 11) is 0. The van der Waals surface area contributed by atoms with Gasteiger partial charge in [-0.2, -0.15) is 0 Å². The van der Waals surface area contributed by atoms with Gasteiger partial charge in [0.1, 0.15) is 5.78 Å². The molecule has 0 bridgehead atoms. The molecule has 1 unspecified atom stereocenters. The molecule has 1 aromatic rings. The Labute approximate surface area is 101 Å². The Morgan fingerprint density at radius 2 is 1.76 bits per heavy atom. The van der Waals surface area contributed by atoms with Crippen LogP contribution in [0.15, 0.2) is 30.3 Å². The maximum Gasteiger partial charge on any atom is 0.273 e. The van der Waals surface area contributed by atoms with Crippen LogP contribution in [0, 0.1) is 11.8 Å². The molecule has 0 aliphatic heterocycles. The van der Waals surface area contributed by atoms with E-state index >= 15 is 0 Å². The number of rotatable bonds is 5. The zero-order valence-electron chi connectivity index (χ0n) is 10.4. The van der Waals surface area contributed by atoms with Gasteiger partial charge < -0.3 is 0 Å². The highest BCUT2D eigenvalue weighted by molar-refractivity contribution is 5.78. The Morgan fingerprint density at radius 1 is 1.24 bits per heavy atom. The molecule has 1 aromatic carbocycles. The zero-order chi connectivity index (χ0) is 13.1. The number of halogens is 2. The number of hydrogen-bond donors (Lipinski definition) is 0. The van der Waals surface area contributed by atoms with Crippen LogP contribution in [0.25, 0.3) is 0 Å². The Hall–Kier alpha value is -1.25. The van der Waals surface area contributed by atoms with Crippen LogP contribution in [0.2, 0.25) is 0 Å². The van der Waals surface area contributed by atoms with Gasteiger partial charge in [0.15, 0.2) is 0 Å². The first-order valence-electron chi connectivity index (χ1n) is 5.78. The van der Waals surface area contributed by atoms with Crippen LogP contribution in [0.1, 0.15) is 32.8 Å². The zero-order valence-corrected chi connectivity index (χ0v) is 10.4. The number of benzene rings is 1. The lowest BCUT2D eigenvalue weighted by Crippen LogP contribution is -2.26. The normalized spacial score (nSPS) is 13.8. The Balaban J connectivity index is 2.88. The molecule has 94 valence electrons. The van der Waals surface area contributed by atoms with Crippen molar-refractivity contribution in [3.05, 3.63) is 35.9 Å². The summed E-state index contributed by atoms with van der Waals surface area (Å²) in [5, 5.41) is 0. The maximum absolute atomic E-state index is 14.0. The van der Waals surface area contributed by atoms with E-state index in [0.29, 0.717) is 0 Å². The highest BCUT2D eigenvalue weighted by Crippen LogP contribution is 2.36. The second-order valence-corrected chi connectivity index (χ2v) is 4.74. The van der Waals surface area contributed by atoms with Crippen molar-refractivity contribution < 1.29 is 13.6 Å². The largest absolute Gasteiger partial charge is 0.300 e. The van der Waals surface area contributed by atoms with Crippen LogP contribution in [0.3, 0.4) is 0 Å². The van der Waals surface area contributed by atoms with E-state index in [-0.39, 0.29) is 17.3 Å². The van der Waals surface area contributed by atoms with Gasteiger partial charge in [0.05, 0.1) is 0 Å². The van der Waals surface area contributed by atoms with Crippen LogP contribution in [0.5, 0.6) is 0 Å². The molecule has 0 aliphatic rings. The first-order valence-corrected chi connectivity index (χ1v) is 5.78. The molecule has 0 saturated carbocycles. The van der Waals surface area contributed by atoms with Gasteiger partial charge >= 0.3 is 0 Å². The van der Waals surface area contributed by atoms with Crippen LogP contribution in [-0.4, -0.2) is 5.78 Å². The van der Waals surface area contributed by atoms with E-state index in [9.17, 15) is 13.6 Å². The van der Waals surface area contributed by atoms with E-state index < -0.39 is 18.3 Å². The summed E-state index contributed by atoms with van der Waals surface area (Å²) in [4.78, 5) is 11.4. The number of hydrogen-bond acceptors (Lipinski definition) is 1. The average Bonchev–Trinajstić information content (AvgIpc) is 2.26. The quantitative estimate of drug-likeness (QED) is 0.759. The molecule has 0 aliphatic carbocycles. The first kappa shape index (κ1) is 13.8. The van der Waals surface area contributed by atoms with Crippen LogP contribution >= 0.6 is 0 Å². The summed E-state index contributed by atoms with van der Waals surface area (Å²) < 4.78 is 27.9. The summed E-state index contributed by atoms with van der Waals surface area (Å²) in [6, 6.07) is 7.67. The van der Waals surface area contributed by atoms with Crippen molar-refractivity contribution in [2.24, 2.45) is 11.8 Å². The molecular formula is C14H18F2O. The van der Waals surface area contributed by atoms with Gasteiger partial charge in [-0.3, -0.25) is 4.79 Å². The Bertz CT molecular complexity index is 371. The molecular weight excluding hydrogens is 222 g/mol. The lowest BCUT2D eigenvalue weighted by atomic mass is 9.85. The molecule has 1 nitrogen and oxygen atoms in total. The molecule has 1 rings (SSSR count). The van der Waals surface area contributed by atoms with Crippen molar-refractivity contribution >= 4 is 5.78 Å². The fourth-order valence-corrected chi connectivity index (χ4v) is 1.92. The SMILES string of the molecule is CC(=O)C(CC(F)(F)c1ccccc1)C(C)C. The van der Waals surface area contributed by atoms with Gasteiger partial charge in [0.25, 0.3) is 5.92 Å². The second kappa shape index (κ2) is 5.39. The van der Waals surface area contributed by atoms with E-state index in [4.69, 9.17) is 0 Å². The smallest absolute Gasteiger partial charge is 0.273 e. The standard InChI is InChI=1S/C14H18F2O/c1-10(2)13(11(3)17)9-14(15,16)12-7-5-4-6-8-12/h4-8,10,13H,9H2,1-3H3. The fraction of sp³-hybridized carbons (Fsp3) is 0.500. The summed E-state index contributed by atoms with van der Waals surface area (Å²) in [6.45, 7) is 4.98. The van der Waals surface area contributed by atoms with Crippen LogP contribution in [0.4, 0.5) is 8.78 Å². The minimum absolute atomic E-state index is 0.0214. The molecule has 0 radical (unpaired) electrons. The van der Waals surface area contributed by atoms with E-state index in [1.165, 1.54) is 19.1 Å². The number of carbonyl (C=O) groups excluding carboxylic acids is 1. The van der Waals surface area contributed by atoms with Crippen molar-refractivity contribution in [3.8, 4) is 0 Å². The van der Waals surface area contributed by atoms with E-state index in [1.54, 1.807) is 32.0 Å². The predicted octanol–water partition coefficient (Wildman–Crippen LogP) is 4.03.